The molecular weight excluding hydrogens is 320 g/mol. The number of hydrogen-bond acceptors (Lipinski definition) is 3. The van der Waals surface area contributed by atoms with Crippen molar-refractivity contribution in [3.8, 4) is 0 Å². The molecule has 128 valence electrons. The summed E-state index contributed by atoms with van der Waals surface area (Å²) >= 11 is 0. The summed E-state index contributed by atoms with van der Waals surface area (Å²) in [5, 5.41) is 0. The number of hydrogen-bond donors (Lipinski definition) is 1. The van der Waals surface area contributed by atoms with Gasteiger partial charge < -0.3 is 4.90 Å². The summed E-state index contributed by atoms with van der Waals surface area (Å²) in [5.74, 6) is 0.0882. The minimum atomic E-state index is -3.35. The fourth-order valence-electron chi connectivity index (χ4n) is 3.05. The first-order valence-corrected chi connectivity index (χ1v) is 10.2. The summed E-state index contributed by atoms with van der Waals surface area (Å²) in [4.78, 5) is 2.32. The highest BCUT2D eigenvalue weighted by Crippen LogP contribution is 2.23. The van der Waals surface area contributed by atoms with Crippen molar-refractivity contribution in [2.24, 2.45) is 0 Å². The maximum Gasteiger partial charge on any atom is 0.233 e. The summed E-state index contributed by atoms with van der Waals surface area (Å²) in [6, 6.07) is 17.4. The van der Waals surface area contributed by atoms with E-state index in [1.54, 1.807) is 0 Å². The van der Waals surface area contributed by atoms with Crippen molar-refractivity contribution < 1.29 is 8.42 Å². The third kappa shape index (κ3) is 4.74. The van der Waals surface area contributed by atoms with Crippen molar-refractivity contribution in [1.82, 2.24) is 0 Å². The van der Waals surface area contributed by atoms with Gasteiger partial charge in [0.25, 0.3) is 0 Å². The van der Waals surface area contributed by atoms with Gasteiger partial charge in [-0.1, -0.05) is 36.4 Å². The molecule has 24 heavy (non-hydrogen) atoms. The van der Waals surface area contributed by atoms with Crippen LogP contribution in [0.1, 0.15) is 24.8 Å². The molecule has 4 nitrogen and oxygen atoms in total. The maximum atomic E-state index is 12.3. The largest absolute Gasteiger partial charge is 0.371 e. The second-order valence-electron chi connectivity index (χ2n) is 6.25. The molecule has 0 spiro atoms. The molecule has 1 aliphatic rings. The molecule has 1 fully saturated rings. The fraction of sp³-hybridized carbons (Fsp3) is 0.368. The Morgan fingerprint density at radius 3 is 2.42 bits per heavy atom. The van der Waals surface area contributed by atoms with E-state index in [9.17, 15) is 8.42 Å². The van der Waals surface area contributed by atoms with Gasteiger partial charge >= 0.3 is 0 Å². The van der Waals surface area contributed by atoms with E-state index in [0.717, 1.165) is 24.3 Å². The van der Waals surface area contributed by atoms with Crippen LogP contribution in [-0.2, 0) is 16.4 Å². The number of aryl methyl sites for hydroxylation is 1. The molecule has 0 aliphatic carbocycles. The third-order valence-electron chi connectivity index (χ3n) is 4.34. The maximum absolute atomic E-state index is 12.3. The quantitative estimate of drug-likeness (QED) is 0.870. The SMILES string of the molecule is O=S(=O)(CCc1ccccc1)Nc1cccc(N2CCCCC2)c1. The highest BCUT2D eigenvalue weighted by atomic mass is 32.2. The van der Waals surface area contributed by atoms with Crippen LogP contribution >= 0.6 is 0 Å². The normalized spacial score (nSPS) is 15.2. The molecule has 2 aromatic rings. The van der Waals surface area contributed by atoms with E-state index in [4.69, 9.17) is 0 Å². The van der Waals surface area contributed by atoms with Gasteiger partial charge in [0.15, 0.2) is 0 Å². The number of sulfonamides is 1. The predicted octanol–water partition coefficient (Wildman–Crippen LogP) is 3.66. The Morgan fingerprint density at radius 2 is 1.67 bits per heavy atom. The summed E-state index contributed by atoms with van der Waals surface area (Å²) in [6.07, 6.45) is 4.20. The molecule has 1 saturated heterocycles. The summed E-state index contributed by atoms with van der Waals surface area (Å²) in [7, 11) is -3.35. The molecule has 0 saturated carbocycles. The van der Waals surface area contributed by atoms with Crippen molar-refractivity contribution in [3.05, 3.63) is 60.2 Å². The number of nitrogens with zero attached hydrogens (tertiary/aromatic N) is 1. The molecule has 3 rings (SSSR count). The number of anilines is 2. The number of rotatable bonds is 6. The van der Waals surface area contributed by atoms with Crippen molar-refractivity contribution in [2.75, 3.05) is 28.5 Å². The summed E-state index contributed by atoms with van der Waals surface area (Å²) in [6.45, 7) is 2.09. The lowest BCUT2D eigenvalue weighted by Gasteiger charge is -2.29. The van der Waals surface area contributed by atoms with Crippen LogP contribution in [-0.4, -0.2) is 27.3 Å². The summed E-state index contributed by atoms with van der Waals surface area (Å²) < 4.78 is 27.4. The average molecular weight is 344 g/mol. The standard InChI is InChI=1S/C19H24N2O2S/c22-24(23,15-12-17-8-3-1-4-9-17)20-18-10-7-11-19(16-18)21-13-5-2-6-14-21/h1,3-4,7-11,16,20H,2,5-6,12-15H2. The van der Waals surface area contributed by atoms with Crippen LogP contribution in [0.3, 0.4) is 0 Å². The molecule has 0 aromatic heterocycles. The molecular formula is C19H24N2O2S. The van der Waals surface area contributed by atoms with Crippen LogP contribution < -0.4 is 9.62 Å². The van der Waals surface area contributed by atoms with E-state index < -0.39 is 10.0 Å². The van der Waals surface area contributed by atoms with Crippen LogP contribution in [0.4, 0.5) is 11.4 Å². The Kier molecular flexibility index (Phi) is 5.41. The van der Waals surface area contributed by atoms with Crippen LogP contribution in [0.25, 0.3) is 0 Å². The van der Waals surface area contributed by atoms with Crippen LogP contribution in [0, 0.1) is 0 Å². The van der Waals surface area contributed by atoms with Gasteiger partial charge in [-0.2, -0.15) is 0 Å². The Labute approximate surface area is 144 Å². The Morgan fingerprint density at radius 1 is 0.917 bits per heavy atom. The zero-order valence-corrected chi connectivity index (χ0v) is 14.6. The van der Waals surface area contributed by atoms with Crippen molar-refractivity contribution in [1.29, 1.82) is 0 Å². The highest BCUT2D eigenvalue weighted by Gasteiger charge is 2.14. The second-order valence-corrected chi connectivity index (χ2v) is 8.10. The monoisotopic (exact) mass is 344 g/mol. The molecule has 0 atom stereocenters. The van der Waals surface area contributed by atoms with E-state index in [2.05, 4.69) is 9.62 Å². The third-order valence-corrected chi connectivity index (χ3v) is 5.63. The molecule has 0 radical (unpaired) electrons. The lowest BCUT2D eigenvalue weighted by atomic mass is 10.1. The van der Waals surface area contributed by atoms with Gasteiger partial charge in [-0.25, -0.2) is 8.42 Å². The minimum absolute atomic E-state index is 0.0882. The van der Waals surface area contributed by atoms with Gasteiger partial charge in [0.2, 0.25) is 10.0 Å². The molecule has 0 bridgehead atoms. The molecule has 1 N–H and O–H groups in total. The van der Waals surface area contributed by atoms with E-state index >= 15 is 0 Å². The smallest absolute Gasteiger partial charge is 0.233 e. The van der Waals surface area contributed by atoms with Gasteiger partial charge in [0, 0.05) is 18.8 Å². The van der Waals surface area contributed by atoms with Gasteiger partial charge in [-0.3, -0.25) is 4.72 Å². The van der Waals surface area contributed by atoms with E-state index in [0.29, 0.717) is 12.1 Å². The Bertz CT molecular complexity index is 754. The van der Waals surface area contributed by atoms with Crippen LogP contribution in [0.5, 0.6) is 0 Å². The predicted molar refractivity (Wildman–Crippen MR) is 100 cm³/mol. The molecule has 2 aromatic carbocycles. The van der Waals surface area contributed by atoms with Gasteiger partial charge in [0.05, 0.1) is 11.4 Å². The summed E-state index contributed by atoms with van der Waals surface area (Å²) in [5.41, 5.74) is 2.77. The second kappa shape index (κ2) is 7.71. The van der Waals surface area contributed by atoms with Gasteiger partial charge in [-0.15, -0.1) is 0 Å². The highest BCUT2D eigenvalue weighted by molar-refractivity contribution is 7.92. The lowest BCUT2D eigenvalue weighted by molar-refractivity contribution is 0.578. The molecule has 1 heterocycles. The van der Waals surface area contributed by atoms with Crippen LogP contribution in [0.15, 0.2) is 54.6 Å². The minimum Gasteiger partial charge on any atom is -0.371 e. The zero-order chi connectivity index (χ0) is 16.8. The van der Waals surface area contributed by atoms with E-state index in [1.165, 1.54) is 19.3 Å². The molecule has 0 amide bonds. The first kappa shape index (κ1) is 16.8. The molecule has 0 unspecified atom stereocenters. The first-order chi connectivity index (χ1) is 11.6. The van der Waals surface area contributed by atoms with E-state index in [-0.39, 0.29) is 5.75 Å². The molecule has 1 aliphatic heterocycles. The number of piperidine rings is 1. The topological polar surface area (TPSA) is 49.4 Å². The van der Waals surface area contributed by atoms with Crippen LogP contribution in [0.2, 0.25) is 0 Å². The van der Waals surface area contributed by atoms with Gasteiger partial charge in [-0.05, 0) is 49.4 Å². The molecule has 5 heteroatoms. The average Bonchev–Trinajstić information content (AvgIpc) is 2.62. The number of benzene rings is 2. The van der Waals surface area contributed by atoms with Crippen molar-refractivity contribution in [3.63, 3.8) is 0 Å². The Balaban J connectivity index is 1.63. The van der Waals surface area contributed by atoms with Crippen molar-refractivity contribution >= 4 is 21.4 Å². The number of nitrogens with one attached hydrogen (secondary N) is 1. The van der Waals surface area contributed by atoms with E-state index in [1.807, 2.05) is 54.6 Å². The fourth-order valence-corrected chi connectivity index (χ4v) is 4.14. The lowest BCUT2D eigenvalue weighted by Crippen LogP contribution is -2.29. The van der Waals surface area contributed by atoms with Gasteiger partial charge in [0.1, 0.15) is 0 Å². The first-order valence-electron chi connectivity index (χ1n) is 8.52. The Hall–Kier alpha value is -2.01. The van der Waals surface area contributed by atoms with Crippen molar-refractivity contribution in [2.45, 2.75) is 25.7 Å². The zero-order valence-electron chi connectivity index (χ0n) is 13.8.